The van der Waals surface area contributed by atoms with Gasteiger partial charge in [0.2, 0.25) is 0 Å². The van der Waals surface area contributed by atoms with Gasteiger partial charge in [-0.25, -0.2) is 7.26 Å². The molecule has 0 fully saturated rings. The molecule has 0 heterocycles. The predicted molar refractivity (Wildman–Crippen MR) is 141 cm³/mol. The molecule has 0 unspecified atom stereocenters. The number of rotatable bonds is 20. The molecule has 0 saturated carbocycles. The first-order valence-electron chi connectivity index (χ1n) is 12.3. The zero-order chi connectivity index (χ0) is 29.9. The van der Waals surface area contributed by atoms with Crippen LogP contribution in [-0.2, 0) is 32.3 Å². The van der Waals surface area contributed by atoms with Crippen molar-refractivity contribution >= 4 is 46.6 Å². The lowest BCUT2D eigenvalue weighted by Crippen LogP contribution is -2.35. The van der Waals surface area contributed by atoms with E-state index < -0.39 is 69.2 Å². The number of ketones is 1. The quantitative estimate of drug-likeness (QED) is 0.104. The first-order valence-corrected chi connectivity index (χ1v) is 19.3. The molecule has 0 spiro atoms. The minimum absolute atomic E-state index is 0.140. The zero-order valence-electron chi connectivity index (χ0n) is 22.2. The molecule has 0 aliphatic rings. The van der Waals surface area contributed by atoms with Gasteiger partial charge < -0.3 is 0 Å². The fraction of sp³-hybridized carbons (Fsp3) is 0.952. The van der Waals surface area contributed by atoms with E-state index in [1.54, 1.807) is 27.7 Å². The normalized spacial score (nSPS) is 15.0. The van der Waals surface area contributed by atoms with E-state index in [-0.39, 0.29) is 48.7 Å². The fourth-order valence-electron chi connectivity index (χ4n) is 3.39. The van der Waals surface area contributed by atoms with Crippen LogP contribution in [0.2, 0.25) is 0 Å². The molecule has 0 aromatic heterocycles. The Morgan fingerprint density at radius 2 is 0.789 bits per heavy atom. The van der Waals surface area contributed by atoms with E-state index >= 15 is 0 Å². The second-order valence-corrected chi connectivity index (χ2v) is 18.8. The number of carbonyl (C=O) groups excluding carboxylic acids is 1. The van der Waals surface area contributed by atoms with Gasteiger partial charge in [-0.15, -0.1) is 20.6 Å². The summed E-state index contributed by atoms with van der Waals surface area (Å²) in [5.41, 5.74) is -11.5. The molecule has 0 aliphatic heterocycles. The lowest BCUT2D eigenvalue weighted by Gasteiger charge is -2.41. The zero-order valence-corrected chi connectivity index (χ0v) is 25.4. The second-order valence-electron chi connectivity index (χ2n) is 8.93. The third kappa shape index (κ3) is 12.1. The first kappa shape index (κ1) is 37.8. The second kappa shape index (κ2) is 15.7. The molecule has 0 aromatic rings. The Labute approximate surface area is 226 Å². The molecule has 0 atom stereocenters. The van der Waals surface area contributed by atoms with Gasteiger partial charge in [0.25, 0.3) is 0 Å². The molecule has 0 bridgehead atoms. The molecule has 0 aromatic carbocycles. The molecule has 0 rings (SSSR count). The number of alkyl halides is 6. The lowest BCUT2D eigenvalue weighted by atomic mass is 10.4. The average Bonchev–Trinajstić information content (AvgIpc) is 2.76. The van der Waals surface area contributed by atoms with Crippen molar-refractivity contribution in [1.29, 1.82) is 0 Å². The van der Waals surface area contributed by atoms with Crippen LogP contribution >= 0.6 is 20.6 Å². The molecule has 232 valence electrons. The van der Waals surface area contributed by atoms with E-state index in [4.69, 9.17) is 7.26 Å². The van der Waals surface area contributed by atoms with Crippen LogP contribution in [0.1, 0.15) is 79.1 Å². The summed E-state index contributed by atoms with van der Waals surface area (Å²) in [6.45, 7) is 6.85. The third-order valence-electron chi connectivity index (χ3n) is 5.36. The third-order valence-corrected chi connectivity index (χ3v) is 16.1. The maximum absolute atomic E-state index is 13.3. The van der Waals surface area contributed by atoms with E-state index in [1.807, 2.05) is 0 Å². The summed E-state index contributed by atoms with van der Waals surface area (Å²) in [7, 11) is -18.6. The topological polar surface area (TPSA) is 104 Å². The van der Waals surface area contributed by atoms with Gasteiger partial charge in [0, 0.05) is 23.0 Å². The van der Waals surface area contributed by atoms with Crippen molar-refractivity contribution in [3.8, 4) is 0 Å². The standard InChI is InChI=1S/C21H40F6O7S4/c1-5-9-13-35(14-10-6-2,33-37(29,30)20(22,23)24)17-19(28)18-36(15-11-7-3,16-12-8-4)34-38(31,32)21(25,26)27/h5-18H2,1-4H3. The smallest absolute Gasteiger partial charge is 0.298 e. The number of unbranched alkanes of at least 4 members (excludes halogenated alkanes) is 4. The molecule has 0 amide bonds. The SMILES string of the molecule is CCCCS(CCCC)(CC(=O)CS(CCCC)(CCCC)OS(=O)(=O)C(F)(F)F)OS(=O)(=O)C(F)(F)F. The fourth-order valence-corrected chi connectivity index (χ4v) is 14.3. The summed E-state index contributed by atoms with van der Waals surface area (Å²) >= 11 is 0. The monoisotopic (exact) mass is 646 g/mol. The molecule has 0 saturated heterocycles. The van der Waals surface area contributed by atoms with Gasteiger partial charge >= 0.3 is 31.3 Å². The molecule has 17 heteroatoms. The summed E-state index contributed by atoms with van der Waals surface area (Å²) in [5.74, 6) is -2.95. The van der Waals surface area contributed by atoms with Crippen molar-refractivity contribution < 1.29 is 55.2 Å². The Bertz CT molecular complexity index is 845. The number of carbonyl (C=O) groups is 1. The molecule has 0 aliphatic carbocycles. The van der Waals surface area contributed by atoms with Gasteiger partial charge in [-0.1, -0.05) is 53.4 Å². The largest absolute Gasteiger partial charge is 0.523 e. The summed E-state index contributed by atoms with van der Waals surface area (Å²) in [5, 5.41) is 0. The maximum atomic E-state index is 13.3. The van der Waals surface area contributed by atoms with E-state index in [9.17, 15) is 48.0 Å². The highest BCUT2D eigenvalue weighted by Crippen LogP contribution is 2.57. The Balaban J connectivity index is 6.54. The lowest BCUT2D eigenvalue weighted by molar-refractivity contribution is -0.114. The van der Waals surface area contributed by atoms with Crippen molar-refractivity contribution in [1.82, 2.24) is 0 Å². The van der Waals surface area contributed by atoms with Crippen molar-refractivity contribution in [2.45, 2.75) is 90.1 Å². The maximum Gasteiger partial charge on any atom is 0.523 e. The van der Waals surface area contributed by atoms with Gasteiger partial charge in [-0.3, -0.25) is 4.79 Å². The highest BCUT2D eigenvalue weighted by molar-refractivity contribution is 8.34. The number of hydrogen-bond acceptors (Lipinski definition) is 7. The molecular formula is C21H40F6O7S4. The Kier molecular flexibility index (Phi) is 15.6. The van der Waals surface area contributed by atoms with Crippen LogP contribution in [0.25, 0.3) is 0 Å². The van der Waals surface area contributed by atoms with Crippen molar-refractivity contribution in [2.24, 2.45) is 0 Å². The summed E-state index contributed by atoms with van der Waals surface area (Å²) in [4.78, 5) is 13.3. The molecule has 0 radical (unpaired) electrons. The number of halogens is 6. The van der Waals surface area contributed by atoms with Crippen LogP contribution < -0.4 is 0 Å². The van der Waals surface area contributed by atoms with E-state index in [2.05, 4.69) is 0 Å². The van der Waals surface area contributed by atoms with Crippen LogP contribution in [0.15, 0.2) is 0 Å². The molecular weight excluding hydrogens is 606 g/mol. The van der Waals surface area contributed by atoms with Gasteiger partial charge in [0.15, 0.2) is 5.78 Å². The van der Waals surface area contributed by atoms with E-state index in [0.717, 1.165) is 0 Å². The van der Waals surface area contributed by atoms with E-state index in [0.29, 0.717) is 25.7 Å². The van der Waals surface area contributed by atoms with Crippen molar-refractivity contribution in [3.63, 3.8) is 0 Å². The predicted octanol–water partition coefficient (Wildman–Crippen LogP) is 6.93. The Hall–Kier alpha value is -0.230. The van der Waals surface area contributed by atoms with Crippen LogP contribution in [0, 0.1) is 0 Å². The minimum atomic E-state index is -6.07. The van der Waals surface area contributed by atoms with Gasteiger partial charge in [-0.2, -0.15) is 43.2 Å². The average molecular weight is 647 g/mol. The molecule has 38 heavy (non-hydrogen) atoms. The number of hydrogen-bond donors (Lipinski definition) is 0. The molecule has 0 N–H and O–H groups in total. The summed E-state index contributed by atoms with van der Waals surface area (Å²) in [6, 6.07) is 0. The summed E-state index contributed by atoms with van der Waals surface area (Å²) in [6.07, 6.45) is 2.84. The Morgan fingerprint density at radius 1 is 0.553 bits per heavy atom. The van der Waals surface area contributed by atoms with Crippen molar-refractivity contribution in [2.75, 3.05) is 34.5 Å². The van der Waals surface area contributed by atoms with Crippen LogP contribution in [-0.4, -0.2) is 68.2 Å². The highest BCUT2D eigenvalue weighted by atomic mass is 32.3. The number of Topliss-reactive ketones (excluding diaryl/α,β-unsaturated/α-hetero) is 1. The van der Waals surface area contributed by atoms with Crippen molar-refractivity contribution in [3.05, 3.63) is 0 Å². The van der Waals surface area contributed by atoms with Gasteiger partial charge in [0.1, 0.15) is 0 Å². The first-order chi connectivity index (χ1) is 17.3. The van der Waals surface area contributed by atoms with Crippen LogP contribution in [0.5, 0.6) is 0 Å². The highest BCUT2D eigenvalue weighted by Gasteiger charge is 2.53. The van der Waals surface area contributed by atoms with Gasteiger partial charge in [0.05, 0.1) is 11.5 Å². The van der Waals surface area contributed by atoms with Gasteiger partial charge in [-0.05, 0) is 25.7 Å². The van der Waals surface area contributed by atoms with Crippen LogP contribution in [0.4, 0.5) is 26.3 Å². The molecule has 7 nitrogen and oxygen atoms in total. The van der Waals surface area contributed by atoms with E-state index in [1.165, 1.54) is 0 Å². The Morgan fingerprint density at radius 3 is 0.974 bits per heavy atom. The summed E-state index contributed by atoms with van der Waals surface area (Å²) < 4.78 is 137. The minimum Gasteiger partial charge on any atom is -0.298 e. The van der Waals surface area contributed by atoms with Crippen LogP contribution in [0.3, 0.4) is 0 Å².